The van der Waals surface area contributed by atoms with Gasteiger partial charge in [0.2, 0.25) is 0 Å². The third-order valence-corrected chi connectivity index (χ3v) is 5.45. The molecule has 0 saturated heterocycles. The Morgan fingerprint density at radius 3 is 1.72 bits per heavy atom. The Morgan fingerprint density at radius 2 is 1.12 bits per heavy atom. The fourth-order valence-corrected chi connectivity index (χ4v) is 4.02. The largest absolute Gasteiger partial charge is 0.396 e. The van der Waals surface area contributed by atoms with Crippen molar-refractivity contribution < 1.29 is 17.1 Å². The topological polar surface area (TPSA) is 83.4 Å². The number of aromatic nitrogens is 4. The summed E-state index contributed by atoms with van der Waals surface area (Å²) in [5.74, 6) is 0. The second kappa shape index (κ2) is 8.00. The van der Waals surface area contributed by atoms with Crippen LogP contribution in [-0.2, 0) is 17.1 Å². The van der Waals surface area contributed by atoms with Crippen LogP contribution in [0.2, 0.25) is 0 Å². The molecule has 1 aromatic carbocycles. The fraction of sp³-hybridized carbons (Fsp3) is 0. The molecule has 2 aliphatic rings. The standard InChI is InChI=1S/C26H19N5.Cu/c27-26-24-15-22-11-9-20(30-22)13-18-7-6-17(28-18)12-19-8-10-21(29-19)14-23(31-24)25(26)16-4-2-1-3-5-16;/h1-15,28,31H,27H2;. The molecule has 0 atom stereocenters. The van der Waals surface area contributed by atoms with Crippen LogP contribution in [0.15, 0.2) is 66.7 Å². The van der Waals surface area contributed by atoms with Gasteiger partial charge in [0.15, 0.2) is 0 Å². The van der Waals surface area contributed by atoms with Crippen LogP contribution in [0.5, 0.6) is 0 Å². The van der Waals surface area contributed by atoms with Crippen LogP contribution < -0.4 is 5.73 Å². The number of anilines is 1. The van der Waals surface area contributed by atoms with Crippen LogP contribution in [0, 0.1) is 0 Å². The summed E-state index contributed by atoms with van der Waals surface area (Å²) in [5, 5.41) is 0. The van der Waals surface area contributed by atoms with E-state index in [2.05, 4.69) is 22.1 Å². The molecule has 3 aromatic heterocycles. The Morgan fingerprint density at radius 1 is 0.594 bits per heavy atom. The third kappa shape index (κ3) is 3.66. The van der Waals surface area contributed by atoms with Crippen LogP contribution in [0.4, 0.5) is 5.69 Å². The molecule has 0 aliphatic carbocycles. The molecule has 0 fully saturated rings. The van der Waals surface area contributed by atoms with Gasteiger partial charge in [-0.15, -0.1) is 0 Å². The van der Waals surface area contributed by atoms with E-state index in [1.165, 1.54) is 0 Å². The Bertz CT molecular complexity index is 1540. The molecule has 4 aromatic rings. The molecular formula is C26H19CuN5. The van der Waals surface area contributed by atoms with E-state index in [1.54, 1.807) is 0 Å². The maximum absolute atomic E-state index is 6.62. The summed E-state index contributed by atoms with van der Waals surface area (Å²) in [6, 6.07) is 22.3. The summed E-state index contributed by atoms with van der Waals surface area (Å²) >= 11 is 0. The number of hydrogen-bond donors (Lipinski definition) is 3. The molecule has 2 aliphatic heterocycles. The number of aromatic amines is 2. The average molecular weight is 465 g/mol. The second-order valence-corrected chi connectivity index (χ2v) is 7.64. The Kier molecular flexibility index (Phi) is 5.02. The van der Waals surface area contributed by atoms with Crippen LogP contribution in [0.1, 0.15) is 22.8 Å². The number of nitrogen functional groups attached to an aromatic ring is 1. The van der Waals surface area contributed by atoms with E-state index in [0.717, 1.165) is 56.0 Å². The minimum absolute atomic E-state index is 0. The number of rotatable bonds is 1. The van der Waals surface area contributed by atoms with E-state index in [9.17, 15) is 0 Å². The van der Waals surface area contributed by atoms with Crippen LogP contribution in [0.25, 0.3) is 57.5 Å². The van der Waals surface area contributed by atoms with Crippen molar-refractivity contribution in [2.75, 3.05) is 5.73 Å². The van der Waals surface area contributed by atoms with Gasteiger partial charge in [-0.3, -0.25) is 0 Å². The first-order valence-electron chi connectivity index (χ1n) is 10.1. The van der Waals surface area contributed by atoms with Crippen molar-refractivity contribution in [2.24, 2.45) is 0 Å². The predicted molar refractivity (Wildman–Crippen MR) is 129 cm³/mol. The first-order valence-corrected chi connectivity index (χ1v) is 10.1. The van der Waals surface area contributed by atoms with Gasteiger partial charge < -0.3 is 15.7 Å². The van der Waals surface area contributed by atoms with Gasteiger partial charge in [-0.2, -0.15) is 0 Å². The first kappa shape index (κ1) is 20.1. The zero-order chi connectivity index (χ0) is 20.8. The van der Waals surface area contributed by atoms with E-state index in [4.69, 9.17) is 15.7 Å². The maximum Gasteiger partial charge on any atom is 0.0659 e. The summed E-state index contributed by atoms with van der Waals surface area (Å²) in [6.45, 7) is 0. The van der Waals surface area contributed by atoms with Gasteiger partial charge in [0, 0.05) is 33.7 Å². The average Bonchev–Trinajstić information content (AvgIpc) is 3.55. The molecule has 5 nitrogen and oxygen atoms in total. The van der Waals surface area contributed by atoms with E-state index >= 15 is 0 Å². The summed E-state index contributed by atoms with van der Waals surface area (Å²) < 4.78 is 0. The number of nitrogens with one attached hydrogen (secondary N) is 2. The number of hydrogen-bond acceptors (Lipinski definition) is 3. The molecule has 1 radical (unpaired) electrons. The van der Waals surface area contributed by atoms with Gasteiger partial charge in [0.05, 0.1) is 39.5 Å². The Labute approximate surface area is 195 Å². The number of nitrogens with zero attached hydrogens (tertiary/aromatic N) is 2. The fourth-order valence-electron chi connectivity index (χ4n) is 4.02. The minimum Gasteiger partial charge on any atom is -0.396 e. The van der Waals surface area contributed by atoms with Crippen molar-refractivity contribution in [1.29, 1.82) is 0 Å². The smallest absolute Gasteiger partial charge is 0.0659 e. The van der Waals surface area contributed by atoms with Crippen molar-refractivity contribution in [3.05, 3.63) is 89.5 Å². The number of fused-ring (bicyclic) bond motifs is 8. The third-order valence-electron chi connectivity index (χ3n) is 5.45. The molecule has 6 rings (SSSR count). The monoisotopic (exact) mass is 464 g/mol. The van der Waals surface area contributed by atoms with Crippen molar-refractivity contribution in [1.82, 2.24) is 19.9 Å². The van der Waals surface area contributed by atoms with Crippen LogP contribution >= 0.6 is 0 Å². The predicted octanol–water partition coefficient (Wildman–Crippen LogP) is 5.90. The zero-order valence-electron chi connectivity index (χ0n) is 16.9. The summed E-state index contributed by atoms with van der Waals surface area (Å²) in [5.41, 5.74) is 16.6. The van der Waals surface area contributed by atoms with Crippen molar-refractivity contribution in [2.45, 2.75) is 0 Å². The molecule has 4 N–H and O–H groups in total. The van der Waals surface area contributed by atoms with E-state index in [1.807, 2.05) is 78.9 Å². The van der Waals surface area contributed by atoms with Crippen LogP contribution in [-0.4, -0.2) is 19.9 Å². The minimum atomic E-state index is 0. The van der Waals surface area contributed by atoms with E-state index < -0.39 is 0 Å². The molecule has 32 heavy (non-hydrogen) atoms. The van der Waals surface area contributed by atoms with Crippen molar-refractivity contribution in [3.8, 4) is 11.1 Å². The van der Waals surface area contributed by atoms with Gasteiger partial charge in [-0.1, -0.05) is 30.3 Å². The second-order valence-electron chi connectivity index (χ2n) is 7.64. The molecule has 159 valence electrons. The number of H-pyrrole nitrogens is 2. The van der Waals surface area contributed by atoms with Crippen LogP contribution in [0.3, 0.4) is 0 Å². The zero-order valence-corrected chi connectivity index (χ0v) is 17.9. The molecule has 0 amide bonds. The van der Waals surface area contributed by atoms with Crippen molar-refractivity contribution in [3.63, 3.8) is 0 Å². The number of benzene rings is 1. The van der Waals surface area contributed by atoms with Gasteiger partial charge in [-0.25, -0.2) is 9.97 Å². The number of nitrogens with two attached hydrogens (primary N) is 1. The first-order chi connectivity index (χ1) is 15.2. The van der Waals surface area contributed by atoms with Gasteiger partial charge in [-0.05, 0) is 66.3 Å². The van der Waals surface area contributed by atoms with Gasteiger partial charge >= 0.3 is 0 Å². The molecule has 0 unspecified atom stereocenters. The molecule has 6 heteroatoms. The summed E-state index contributed by atoms with van der Waals surface area (Å²) in [7, 11) is 0. The molecule has 0 saturated carbocycles. The molecular weight excluding hydrogens is 446 g/mol. The summed E-state index contributed by atoms with van der Waals surface area (Å²) in [4.78, 5) is 16.4. The van der Waals surface area contributed by atoms with E-state index in [0.29, 0.717) is 5.69 Å². The van der Waals surface area contributed by atoms with E-state index in [-0.39, 0.29) is 17.1 Å². The maximum atomic E-state index is 6.62. The Balaban J connectivity index is 0.00000216. The molecule has 8 bridgehead atoms. The quantitative estimate of drug-likeness (QED) is 0.265. The normalized spacial score (nSPS) is 12.0. The van der Waals surface area contributed by atoms with Crippen molar-refractivity contribution >= 4 is 52.1 Å². The summed E-state index contributed by atoms with van der Waals surface area (Å²) in [6.07, 6.45) is 8.03. The van der Waals surface area contributed by atoms with Gasteiger partial charge in [0.1, 0.15) is 0 Å². The molecule has 5 heterocycles. The Hall–Kier alpha value is -3.86. The SMILES string of the molecule is Nc1c(-c2ccccc2)c2cc3nc(cc4ccc(cc5nc(cc1[nH]2)C=C5)[nH]4)C=C3.[Cu]. The molecule has 0 spiro atoms. The van der Waals surface area contributed by atoms with Gasteiger partial charge in [0.25, 0.3) is 0 Å².